The minimum atomic E-state index is 0.534. The Morgan fingerprint density at radius 2 is 2.33 bits per heavy atom. The first kappa shape index (κ1) is 9.57. The molecular weight excluding hydrogens is 250 g/mol. The predicted octanol–water partition coefficient (Wildman–Crippen LogP) is 3.66. The molecule has 78 valence electrons. The third-order valence-corrected chi connectivity index (χ3v) is 3.93. The summed E-state index contributed by atoms with van der Waals surface area (Å²) in [6.45, 7) is 0. The third-order valence-electron chi connectivity index (χ3n) is 2.41. The van der Waals surface area contributed by atoms with E-state index in [1.807, 2.05) is 12.1 Å². The van der Waals surface area contributed by atoms with E-state index in [2.05, 4.69) is 14.8 Å². The summed E-state index contributed by atoms with van der Waals surface area (Å²) in [7, 11) is 0. The van der Waals surface area contributed by atoms with E-state index in [1.54, 1.807) is 0 Å². The van der Waals surface area contributed by atoms with E-state index in [0.717, 1.165) is 15.0 Å². The lowest BCUT2D eigenvalue weighted by molar-refractivity contribution is 0.736. The molecule has 0 amide bonds. The SMILES string of the molecule is S=c1[nH]nc(-c2ccc(Cl)s2)n1C1CC1. The maximum Gasteiger partial charge on any atom is 0.195 e. The number of hydrogen-bond acceptors (Lipinski definition) is 3. The number of nitrogens with one attached hydrogen (secondary N) is 1. The number of aromatic nitrogens is 3. The first-order valence-corrected chi connectivity index (χ1v) is 6.28. The summed E-state index contributed by atoms with van der Waals surface area (Å²) in [5.41, 5.74) is 0. The molecule has 0 aromatic carbocycles. The predicted molar refractivity (Wildman–Crippen MR) is 64.0 cm³/mol. The molecule has 0 saturated heterocycles. The van der Waals surface area contributed by atoms with Gasteiger partial charge in [-0.2, -0.15) is 5.10 Å². The van der Waals surface area contributed by atoms with Gasteiger partial charge in [0.2, 0.25) is 0 Å². The summed E-state index contributed by atoms with van der Waals surface area (Å²) in [6.07, 6.45) is 2.39. The van der Waals surface area contributed by atoms with E-state index in [4.69, 9.17) is 23.8 Å². The summed E-state index contributed by atoms with van der Waals surface area (Å²) in [6, 6.07) is 4.40. The quantitative estimate of drug-likeness (QED) is 0.833. The van der Waals surface area contributed by atoms with Crippen molar-refractivity contribution in [3.8, 4) is 10.7 Å². The normalized spacial score (nSPS) is 15.8. The van der Waals surface area contributed by atoms with Gasteiger partial charge in [-0.25, -0.2) is 0 Å². The Kier molecular flexibility index (Phi) is 2.19. The lowest BCUT2D eigenvalue weighted by Gasteiger charge is -2.01. The molecule has 2 aromatic heterocycles. The average molecular weight is 258 g/mol. The zero-order chi connectivity index (χ0) is 10.4. The molecule has 1 N–H and O–H groups in total. The molecule has 2 heterocycles. The number of rotatable bonds is 2. The lowest BCUT2D eigenvalue weighted by atomic mass is 10.4. The van der Waals surface area contributed by atoms with Crippen LogP contribution >= 0.6 is 35.2 Å². The Morgan fingerprint density at radius 3 is 2.93 bits per heavy atom. The van der Waals surface area contributed by atoms with E-state index in [1.165, 1.54) is 24.2 Å². The van der Waals surface area contributed by atoms with Crippen molar-refractivity contribution in [2.24, 2.45) is 0 Å². The molecule has 15 heavy (non-hydrogen) atoms. The van der Waals surface area contributed by atoms with Crippen LogP contribution in [0.25, 0.3) is 10.7 Å². The summed E-state index contributed by atoms with van der Waals surface area (Å²) in [5, 5.41) is 7.10. The molecule has 0 unspecified atom stereocenters. The van der Waals surface area contributed by atoms with Crippen molar-refractivity contribution < 1.29 is 0 Å². The second-order valence-corrected chi connectivity index (χ2v) is 5.66. The van der Waals surface area contributed by atoms with Gasteiger partial charge in [-0.1, -0.05) is 11.6 Å². The van der Waals surface area contributed by atoms with Crippen LogP contribution < -0.4 is 0 Å². The first-order chi connectivity index (χ1) is 7.25. The van der Waals surface area contributed by atoms with Crippen molar-refractivity contribution in [1.29, 1.82) is 0 Å². The zero-order valence-electron chi connectivity index (χ0n) is 7.74. The largest absolute Gasteiger partial charge is 0.296 e. The Labute approximate surface area is 101 Å². The van der Waals surface area contributed by atoms with Crippen LogP contribution in [0.3, 0.4) is 0 Å². The second-order valence-electron chi connectivity index (χ2n) is 3.56. The van der Waals surface area contributed by atoms with Crippen LogP contribution in [0.2, 0.25) is 4.34 Å². The average Bonchev–Trinajstić information content (AvgIpc) is 2.84. The van der Waals surface area contributed by atoms with Gasteiger partial charge >= 0.3 is 0 Å². The monoisotopic (exact) mass is 257 g/mol. The highest BCUT2D eigenvalue weighted by Crippen LogP contribution is 2.39. The van der Waals surface area contributed by atoms with Gasteiger partial charge in [-0.15, -0.1) is 11.3 Å². The van der Waals surface area contributed by atoms with Crippen molar-refractivity contribution >= 4 is 35.2 Å². The number of hydrogen-bond donors (Lipinski definition) is 1. The van der Waals surface area contributed by atoms with Crippen LogP contribution in [0.15, 0.2) is 12.1 Å². The fourth-order valence-corrected chi connectivity index (χ4v) is 2.90. The number of thiophene rings is 1. The lowest BCUT2D eigenvalue weighted by Crippen LogP contribution is -1.95. The first-order valence-electron chi connectivity index (χ1n) is 4.68. The summed E-state index contributed by atoms with van der Waals surface area (Å²) < 4.78 is 3.58. The maximum atomic E-state index is 5.91. The molecule has 0 aliphatic heterocycles. The molecule has 0 atom stereocenters. The van der Waals surface area contributed by atoms with Crippen molar-refractivity contribution in [3.63, 3.8) is 0 Å². The van der Waals surface area contributed by atoms with Crippen LogP contribution in [-0.4, -0.2) is 14.8 Å². The van der Waals surface area contributed by atoms with Gasteiger partial charge in [0.15, 0.2) is 10.6 Å². The van der Waals surface area contributed by atoms with Gasteiger partial charge < -0.3 is 0 Å². The van der Waals surface area contributed by atoms with Gasteiger partial charge in [-0.05, 0) is 37.2 Å². The number of aromatic amines is 1. The standard InChI is InChI=1S/C9H8ClN3S2/c10-7-4-3-6(15-7)8-11-12-9(14)13(8)5-1-2-5/h3-5H,1-2H2,(H,12,14). The Hall–Kier alpha value is -0.650. The summed E-state index contributed by atoms with van der Waals surface area (Å²) in [5.74, 6) is 0.916. The Bertz CT molecular complexity index is 550. The van der Waals surface area contributed by atoms with Gasteiger partial charge in [0.25, 0.3) is 0 Å². The van der Waals surface area contributed by atoms with E-state index < -0.39 is 0 Å². The minimum absolute atomic E-state index is 0.534. The Morgan fingerprint density at radius 1 is 1.53 bits per heavy atom. The molecule has 1 aliphatic rings. The van der Waals surface area contributed by atoms with Crippen molar-refractivity contribution in [2.45, 2.75) is 18.9 Å². The number of nitrogens with zero attached hydrogens (tertiary/aromatic N) is 2. The zero-order valence-corrected chi connectivity index (χ0v) is 10.1. The van der Waals surface area contributed by atoms with Gasteiger partial charge in [0.05, 0.1) is 9.21 Å². The fraction of sp³-hybridized carbons (Fsp3) is 0.333. The summed E-state index contributed by atoms with van der Waals surface area (Å²) in [4.78, 5) is 1.07. The molecule has 0 spiro atoms. The number of halogens is 1. The highest BCUT2D eigenvalue weighted by molar-refractivity contribution is 7.71. The molecule has 0 radical (unpaired) electrons. The van der Waals surface area contributed by atoms with Crippen molar-refractivity contribution in [2.75, 3.05) is 0 Å². The van der Waals surface area contributed by atoms with Crippen LogP contribution in [0.4, 0.5) is 0 Å². The molecule has 2 aromatic rings. The van der Waals surface area contributed by atoms with Crippen molar-refractivity contribution in [3.05, 3.63) is 21.2 Å². The molecule has 1 fully saturated rings. The molecule has 3 rings (SSSR count). The fourth-order valence-electron chi connectivity index (χ4n) is 1.58. The second kappa shape index (κ2) is 3.43. The van der Waals surface area contributed by atoms with E-state index in [9.17, 15) is 0 Å². The van der Waals surface area contributed by atoms with Gasteiger partial charge in [0.1, 0.15) is 0 Å². The molecule has 0 bridgehead atoms. The maximum absolute atomic E-state index is 5.91. The molecule has 1 aliphatic carbocycles. The van der Waals surface area contributed by atoms with Crippen LogP contribution in [0.1, 0.15) is 18.9 Å². The highest BCUT2D eigenvalue weighted by atomic mass is 35.5. The minimum Gasteiger partial charge on any atom is -0.296 e. The Balaban J connectivity index is 2.15. The van der Waals surface area contributed by atoms with Crippen LogP contribution in [0.5, 0.6) is 0 Å². The van der Waals surface area contributed by atoms with Crippen LogP contribution in [0, 0.1) is 4.77 Å². The van der Waals surface area contributed by atoms with Gasteiger partial charge in [-0.3, -0.25) is 9.67 Å². The van der Waals surface area contributed by atoms with E-state index >= 15 is 0 Å². The van der Waals surface area contributed by atoms with E-state index in [-0.39, 0.29) is 0 Å². The molecule has 1 saturated carbocycles. The summed E-state index contributed by atoms with van der Waals surface area (Å²) >= 11 is 12.7. The van der Waals surface area contributed by atoms with Crippen molar-refractivity contribution in [1.82, 2.24) is 14.8 Å². The topological polar surface area (TPSA) is 33.6 Å². The molecule has 3 nitrogen and oxygen atoms in total. The van der Waals surface area contributed by atoms with Crippen LogP contribution in [-0.2, 0) is 0 Å². The molecule has 6 heteroatoms. The van der Waals surface area contributed by atoms with E-state index in [0.29, 0.717) is 10.8 Å². The molecular formula is C9H8ClN3S2. The smallest absolute Gasteiger partial charge is 0.195 e. The van der Waals surface area contributed by atoms with Gasteiger partial charge in [0, 0.05) is 6.04 Å². The third kappa shape index (κ3) is 1.64. The number of H-pyrrole nitrogens is 1. The highest BCUT2D eigenvalue weighted by Gasteiger charge is 2.28.